The molecule has 1 aromatic heterocycles. The van der Waals surface area contributed by atoms with Crippen molar-refractivity contribution in [2.24, 2.45) is 5.73 Å². The number of nitrogens with zero attached hydrogens (tertiary/aromatic N) is 1. The van der Waals surface area contributed by atoms with Gasteiger partial charge in [-0.25, -0.2) is 4.98 Å². The number of carboxylic acid groups (broad SMARTS) is 1. The van der Waals surface area contributed by atoms with Gasteiger partial charge in [0.15, 0.2) is 0 Å². The molecule has 0 atom stereocenters. The third-order valence-electron chi connectivity index (χ3n) is 2.75. The van der Waals surface area contributed by atoms with Crippen LogP contribution in [0, 0.1) is 0 Å². The molecule has 1 rings (SSSR count). The van der Waals surface area contributed by atoms with Gasteiger partial charge in [-0.3, -0.25) is 9.59 Å². The summed E-state index contributed by atoms with van der Waals surface area (Å²) in [5.74, 6) is -0.912. The third-order valence-corrected chi connectivity index (χ3v) is 3.65. The largest absolute Gasteiger partial charge is 0.481 e. The van der Waals surface area contributed by atoms with Crippen LogP contribution >= 0.6 is 11.3 Å². The summed E-state index contributed by atoms with van der Waals surface area (Å²) in [5.41, 5.74) is 5.88. The van der Waals surface area contributed by atoms with E-state index in [1.165, 1.54) is 11.3 Å². The van der Waals surface area contributed by atoms with Crippen LogP contribution in [-0.2, 0) is 11.2 Å². The summed E-state index contributed by atoms with van der Waals surface area (Å²) in [6.07, 6.45) is 4.25. The van der Waals surface area contributed by atoms with Crippen LogP contribution in [0.1, 0.15) is 47.6 Å². The molecule has 0 unspecified atom stereocenters. The van der Waals surface area contributed by atoms with Gasteiger partial charge in [-0.1, -0.05) is 12.8 Å². The minimum absolute atomic E-state index is 0.157. The molecule has 1 heterocycles. The molecule has 0 bridgehead atoms. The molecular weight excluding hydrogens is 278 g/mol. The van der Waals surface area contributed by atoms with E-state index in [1.54, 1.807) is 5.38 Å². The van der Waals surface area contributed by atoms with E-state index in [0.29, 0.717) is 31.6 Å². The number of hydrogen-bond acceptors (Lipinski definition) is 5. The summed E-state index contributed by atoms with van der Waals surface area (Å²) in [6, 6.07) is 0. The summed E-state index contributed by atoms with van der Waals surface area (Å²) < 4.78 is 0. The number of hydrogen-bond donors (Lipinski definition) is 3. The van der Waals surface area contributed by atoms with Gasteiger partial charge >= 0.3 is 5.97 Å². The number of carbonyl (C=O) groups excluding carboxylic acids is 1. The summed E-state index contributed by atoms with van der Waals surface area (Å²) >= 11 is 1.45. The van der Waals surface area contributed by atoms with Crippen LogP contribution < -0.4 is 11.1 Å². The summed E-state index contributed by atoms with van der Waals surface area (Å²) in [7, 11) is 0. The monoisotopic (exact) mass is 299 g/mol. The Kier molecular flexibility index (Phi) is 7.82. The fraction of sp³-hybridized carbons (Fsp3) is 0.615. The highest BCUT2D eigenvalue weighted by Gasteiger charge is 2.09. The fourth-order valence-corrected chi connectivity index (χ4v) is 2.49. The number of amides is 1. The highest BCUT2D eigenvalue weighted by Crippen LogP contribution is 2.10. The fourth-order valence-electron chi connectivity index (χ4n) is 1.70. The summed E-state index contributed by atoms with van der Waals surface area (Å²) in [6.45, 7) is 1.13. The predicted octanol–water partition coefficient (Wildman–Crippen LogP) is 1.41. The van der Waals surface area contributed by atoms with E-state index < -0.39 is 5.97 Å². The second-order valence-corrected chi connectivity index (χ2v) is 5.42. The van der Waals surface area contributed by atoms with Crippen molar-refractivity contribution >= 4 is 23.2 Å². The number of aliphatic carboxylic acids is 1. The van der Waals surface area contributed by atoms with Crippen molar-refractivity contribution in [2.45, 2.75) is 38.5 Å². The average molecular weight is 299 g/mol. The van der Waals surface area contributed by atoms with E-state index in [9.17, 15) is 9.59 Å². The molecule has 0 saturated carbocycles. The molecule has 0 saturated heterocycles. The van der Waals surface area contributed by atoms with Gasteiger partial charge in [0.1, 0.15) is 5.69 Å². The Labute approximate surface area is 122 Å². The van der Waals surface area contributed by atoms with Crippen LogP contribution in [0.2, 0.25) is 0 Å². The highest BCUT2D eigenvalue weighted by molar-refractivity contribution is 7.09. The van der Waals surface area contributed by atoms with Gasteiger partial charge in [0.25, 0.3) is 5.91 Å². The molecule has 112 valence electrons. The molecule has 0 aromatic carbocycles. The number of carbonyl (C=O) groups is 2. The second-order valence-electron chi connectivity index (χ2n) is 4.48. The quantitative estimate of drug-likeness (QED) is 0.566. The third kappa shape index (κ3) is 6.63. The first-order valence-electron chi connectivity index (χ1n) is 6.78. The Bertz CT molecular complexity index is 434. The lowest BCUT2D eigenvalue weighted by Gasteiger charge is -2.03. The maximum atomic E-state index is 11.8. The normalized spacial score (nSPS) is 10.4. The summed E-state index contributed by atoms with van der Waals surface area (Å²) in [4.78, 5) is 26.3. The lowest BCUT2D eigenvalue weighted by molar-refractivity contribution is -0.137. The first kappa shape index (κ1) is 16.6. The molecule has 1 amide bonds. The van der Waals surface area contributed by atoms with E-state index in [1.807, 2.05) is 0 Å². The lowest BCUT2D eigenvalue weighted by Crippen LogP contribution is -2.24. The standard InChI is InChI=1S/C13H21N3O3S/c14-7-6-11-16-10(9-20-11)13(19)15-8-4-2-1-3-5-12(17)18/h9H,1-8,14H2,(H,15,19)(H,17,18). The van der Waals surface area contributed by atoms with Crippen molar-refractivity contribution in [3.05, 3.63) is 16.1 Å². The van der Waals surface area contributed by atoms with E-state index in [-0.39, 0.29) is 12.3 Å². The first-order valence-corrected chi connectivity index (χ1v) is 7.66. The van der Waals surface area contributed by atoms with Crippen molar-refractivity contribution in [3.8, 4) is 0 Å². The van der Waals surface area contributed by atoms with E-state index >= 15 is 0 Å². The van der Waals surface area contributed by atoms with E-state index in [0.717, 1.165) is 24.3 Å². The molecule has 0 spiro atoms. The molecule has 0 aliphatic rings. The molecular formula is C13H21N3O3S. The van der Waals surface area contributed by atoms with E-state index in [4.69, 9.17) is 10.8 Å². The smallest absolute Gasteiger partial charge is 0.303 e. The van der Waals surface area contributed by atoms with Gasteiger partial charge in [0.2, 0.25) is 0 Å². The Morgan fingerprint density at radius 2 is 2.05 bits per heavy atom. The molecule has 1 aromatic rings. The maximum absolute atomic E-state index is 11.8. The van der Waals surface area contributed by atoms with Gasteiger partial charge < -0.3 is 16.2 Å². The van der Waals surface area contributed by atoms with Gasteiger partial charge in [0, 0.05) is 24.8 Å². The number of unbranched alkanes of at least 4 members (excludes halogenated alkanes) is 3. The second kappa shape index (κ2) is 9.44. The summed E-state index contributed by atoms with van der Waals surface area (Å²) in [5, 5.41) is 13.9. The molecule has 20 heavy (non-hydrogen) atoms. The topological polar surface area (TPSA) is 105 Å². The van der Waals surface area contributed by atoms with Crippen molar-refractivity contribution in [1.82, 2.24) is 10.3 Å². The zero-order chi connectivity index (χ0) is 14.8. The van der Waals surface area contributed by atoms with E-state index in [2.05, 4.69) is 10.3 Å². The van der Waals surface area contributed by atoms with Crippen LogP contribution in [0.5, 0.6) is 0 Å². The maximum Gasteiger partial charge on any atom is 0.303 e. The van der Waals surface area contributed by atoms with Crippen molar-refractivity contribution in [3.63, 3.8) is 0 Å². The SMILES string of the molecule is NCCc1nc(C(=O)NCCCCCCC(=O)O)cs1. The number of nitrogens with one attached hydrogen (secondary N) is 1. The number of thiazole rings is 1. The van der Waals surface area contributed by atoms with Crippen molar-refractivity contribution < 1.29 is 14.7 Å². The lowest BCUT2D eigenvalue weighted by atomic mass is 10.1. The van der Waals surface area contributed by atoms with Crippen molar-refractivity contribution in [1.29, 1.82) is 0 Å². The van der Waals surface area contributed by atoms with Gasteiger partial charge in [-0.2, -0.15) is 0 Å². The minimum atomic E-state index is -0.755. The molecule has 6 nitrogen and oxygen atoms in total. The van der Waals surface area contributed by atoms with Gasteiger partial charge in [-0.05, 0) is 19.4 Å². The number of rotatable bonds is 10. The Hall–Kier alpha value is -1.47. The van der Waals surface area contributed by atoms with Gasteiger partial charge in [-0.15, -0.1) is 11.3 Å². The average Bonchev–Trinajstić information content (AvgIpc) is 2.86. The highest BCUT2D eigenvalue weighted by atomic mass is 32.1. The van der Waals surface area contributed by atoms with Crippen molar-refractivity contribution in [2.75, 3.05) is 13.1 Å². The zero-order valence-electron chi connectivity index (χ0n) is 11.4. The Morgan fingerprint density at radius 3 is 2.75 bits per heavy atom. The zero-order valence-corrected chi connectivity index (χ0v) is 12.2. The molecule has 7 heteroatoms. The van der Waals surface area contributed by atoms with Crippen LogP contribution in [0.4, 0.5) is 0 Å². The van der Waals surface area contributed by atoms with Crippen LogP contribution in [-0.4, -0.2) is 35.1 Å². The first-order chi connectivity index (χ1) is 9.63. The number of nitrogens with two attached hydrogens (primary N) is 1. The molecule has 0 aliphatic heterocycles. The van der Waals surface area contributed by atoms with Crippen LogP contribution in [0.25, 0.3) is 0 Å². The Morgan fingerprint density at radius 1 is 1.30 bits per heavy atom. The van der Waals surface area contributed by atoms with Gasteiger partial charge in [0.05, 0.1) is 5.01 Å². The molecule has 0 fully saturated rings. The molecule has 4 N–H and O–H groups in total. The molecule has 0 aliphatic carbocycles. The predicted molar refractivity (Wildman–Crippen MR) is 77.9 cm³/mol. The van der Waals surface area contributed by atoms with Crippen LogP contribution in [0.15, 0.2) is 5.38 Å². The molecule has 0 radical (unpaired) electrons. The number of carboxylic acids is 1. The minimum Gasteiger partial charge on any atom is -0.481 e. The number of aromatic nitrogens is 1. The van der Waals surface area contributed by atoms with Crippen LogP contribution in [0.3, 0.4) is 0 Å². The Balaban J connectivity index is 2.11.